The Balaban J connectivity index is 1.39. The van der Waals surface area contributed by atoms with E-state index in [1.54, 1.807) is 19.2 Å². The van der Waals surface area contributed by atoms with Crippen LogP contribution in [0.25, 0.3) is 0 Å². The number of hydrogen-bond donors (Lipinski definition) is 1. The highest BCUT2D eigenvalue weighted by Crippen LogP contribution is 2.25. The van der Waals surface area contributed by atoms with Crippen molar-refractivity contribution in [3.63, 3.8) is 0 Å². The molecule has 30 heavy (non-hydrogen) atoms. The highest BCUT2D eigenvalue weighted by molar-refractivity contribution is 5.80. The number of likely N-dealkylation sites (tertiary alicyclic amines) is 1. The van der Waals surface area contributed by atoms with Crippen molar-refractivity contribution in [2.24, 2.45) is 4.99 Å². The molecule has 8 heteroatoms. The summed E-state index contributed by atoms with van der Waals surface area (Å²) in [6.07, 6.45) is 0.152. The Kier molecular flexibility index (Phi) is 6.25. The topological polar surface area (TPSA) is 83.2 Å². The summed E-state index contributed by atoms with van der Waals surface area (Å²) in [5.41, 5.74) is 2.26. The summed E-state index contributed by atoms with van der Waals surface area (Å²) in [5.74, 6) is 0.791. The van der Waals surface area contributed by atoms with Crippen LogP contribution in [0.3, 0.4) is 0 Å². The number of hydrogen-bond acceptors (Lipinski definition) is 5. The van der Waals surface area contributed by atoms with Gasteiger partial charge in [0.1, 0.15) is 0 Å². The molecule has 0 aromatic heterocycles. The summed E-state index contributed by atoms with van der Waals surface area (Å²) in [6, 6.07) is 17.5. The third-order valence-electron chi connectivity index (χ3n) is 5.73. The molecular weight excluding hydrogens is 382 g/mol. The van der Waals surface area contributed by atoms with Crippen LogP contribution in [-0.4, -0.2) is 66.1 Å². The van der Waals surface area contributed by atoms with E-state index in [2.05, 4.69) is 44.4 Å². The van der Waals surface area contributed by atoms with Gasteiger partial charge in [0.05, 0.1) is 23.7 Å². The number of fused-ring (bicyclic) bond motifs is 1. The second kappa shape index (κ2) is 9.23. The number of morpholine rings is 1. The minimum Gasteiger partial charge on any atom is -0.373 e. The molecule has 0 aliphatic carbocycles. The normalized spacial score (nSPS) is 22.0. The van der Waals surface area contributed by atoms with E-state index < -0.39 is 0 Å². The van der Waals surface area contributed by atoms with Crippen molar-refractivity contribution >= 4 is 11.6 Å². The van der Waals surface area contributed by atoms with E-state index in [9.17, 15) is 10.1 Å². The molecule has 2 aromatic carbocycles. The Bertz CT molecular complexity index is 905. The maximum atomic E-state index is 11.0. The molecule has 2 aliphatic heterocycles. The van der Waals surface area contributed by atoms with Crippen molar-refractivity contribution in [1.29, 1.82) is 0 Å². The Labute approximate surface area is 176 Å². The quantitative estimate of drug-likeness (QED) is 0.353. The standard InChI is InChI=1S/C22H27N5O3/c1-23-22(24-13-18-8-5-9-19(12-18)27(28)29)26-15-20-21(16-26)30-11-10-25(20)14-17-6-3-2-4-7-17/h2-9,12,20-21H,10-11,13-16H2,1H3,(H,23,24). The summed E-state index contributed by atoms with van der Waals surface area (Å²) < 4.78 is 6.06. The van der Waals surface area contributed by atoms with Crippen LogP contribution < -0.4 is 5.32 Å². The minimum absolute atomic E-state index is 0.0985. The molecule has 0 spiro atoms. The fraction of sp³-hybridized carbons (Fsp3) is 0.409. The van der Waals surface area contributed by atoms with Crippen LogP contribution in [0.15, 0.2) is 59.6 Å². The fourth-order valence-electron chi connectivity index (χ4n) is 4.24. The summed E-state index contributed by atoms with van der Waals surface area (Å²) in [5, 5.41) is 14.3. The van der Waals surface area contributed by atoms with Gasteiger partial charge in [0, 0.05) is 51.9 Å². The Morgan fingerprint density at radius 1 is 1.20 bits per heavy atom. The highest BCUT2D eigenvalue weighted by atomic mass is 16.6. The first-order valence-corrected chi connectivity index (χ1v) is 10.2. The molecule has 0 bridgehead atoms. The highest BCUT2D eigenvalue weighted by Gasteiger charge is 2.41. The molecule has 8 nitrogen and oxygen atoms in total. The molecule has 1 N–H and O–H groups in total. The SMILES string of the molecule is CN=C(NCc1cccc([N+](=O)[O-])c1)N1CC2OCCN(Cc3ccccc3)C2C1. The first-order chi connectivity index (χ1) is 14.6. The van der Waals surface area contributed by atoms with Crippen LogP contribution in [0, 0.1) is 10.1 Å². The van der Waals surface area contributed by atoms with Gasteiger partial charge in [-0.05, 0) is 11.1 Å². The van der Waals surface area contributed by atoms with Crippen molar-refractivity contribution in [1.82, 2.24) is 15.1 Å². The maximum absolute atomic E-state index is 11.0. The van der Waals surface area contributed by atoms with Crippen molar-refractivity contribution < 1.29 is 9.66 Å². The summed E-state index contributed by atoms with van der Waals surface area (Å²) in [4.78, 5) is 19.8. The largest absolute Gasteiger partial charge is 0.373 e. The Hall–Kier alpha value is -2.97. The number of aliphatic imine (C=N–C) groups is 1. The average Bonchev–Trinajstić information content (AvgIpc) is 3.20. The molecule has 2 unspecified atom stereocenters. The van der Waals surface area contributed by atoms with Crippen molar-refractivity contribution in [3.8, 4) is 0 Å². The van der Waals surface area contributed by atoms with Crippen molar-refractivity contribution in [2.75, 3.05) is 33.3 Å². The average molecular weight is 409 g/mol. The predicted molar refractivity (Wildman–Crippen MR) is 115 cm³/mol. The van der Waals surface area contributed by atoms with Gasteiger partial charge in [-0.1, -0.05) is 42.5 Å². The van der Waals surface area contributed by atoms with E-state index >= 15 is 0 Å². The number of rotatable bonds is 5. The van der Waals surface area contributed by atoms with Crippen LogP contribution in [0.2, 0.25) is 0 Å². The molecule has 2 aromatic rings. The van der Waals surface area contributed by atoms with Crippen LogP contribution in [0.1, 0.15) is 11.1 Å². The monoisotopic (exact) mass is 409 g/mol. The van der Waals surface area contributed by atoms with Gasteiger partial charge in [0.15, 0.2) is 5.96 Å². The van der Waals surface area contributed by atoms with E-state index in [-0.39, 0.29) is 16.7 Å². The van der Waals surface area contributed by atoms with Crippen LogP contribution >= 0.6 is 0 Å². The number of benzene rings is 2. The fourth-order valence-corrected chi connectivity index (χ4v) is 4.24. The molecule has 4 rings (SSSR count). The number of nitro groups is 1. The molecule has 158 valence electrons. The lowest BCUT2D eigenvalue weighted by Crippen LogP contribution is -2.50. The molecule has 2 atom stereocenters. The van der Waals surface area contributed by atoms with E-state index in [1.807, 2.05) is 12.1 Å². The zero-order valence-electron chi connectivity index (χ0n) is 17.1. The second-order valence-electron chi connectivity index (χ2n) is 7.67. The second-order valence-corrected chi connectivity index (χ2v) is 7.67. The first-order valence-electron chi connectivity index (χ1n) is 10.2. The maximum Gasteiger partial charge on any atom is 0.269 e. The lowest BCUT2D eigenvalue weighted by molar-refractivity contribution is -0.384. The molecule has 2 fully saturated rings. The van der Waals surface area contributed by atoms with Gasteiger partial charge < -0.3 is 15.0 Å². The van der Waals surface area contributed by atoms with Gasteiger partial charge in [0.2, 0.25) is 0 Å². The number of nitrogens with one attached hydrogen (secondary N) is 1. The van der Waals surface area contributed by atoms with Gasteiger partial charge in [-0.3, -0.25) is 20.0 Å². The molecule has 2 heterocycles. The number of guanidine groups is 1. The molecule has 2 aliphatic rings. The van der Waals surface area contributed by atoms with Gasteiger partial charge in [-0.15, -0.1) is 0 Å². The molecule has 0 amide bonds. The zero-order chi connectivity index (χ0) is 20.9. The number of nitrogens with zero attached hydrogens (tertiary/aromatic N) is 4. The third-order valence-corrected chi connectivity index (χ3v) is 5.73. The van der Waals surface area contributed by atoms with E-state index in [4.69, 9.17) is 4.74 Å². The summed E-state index contributed by atoms with van der Waals surface area (Å²) in [6.45, 7) is 4.68. The van der Waals surface area contributed by atoms with Gasteiger partial charge in [-0.25, -0.2) is 0 Å². The zero-order valence-corrected chi connectivity index (χ0v) is 17.1. The lowest BCUT2D eigenvalue weighted by Gasteiger charge is -2.36. The van der Waals surface area contributed by atoms with Gasteiger partial charge in [0.25, 0.3) is 5.69 Å². The smallest absolute Gasteiger partial charge is 0.269 e. The predicted octanol–water partition coefficient (Wildman–Crippen LogP) is 2.26. The molecule has 0 saturated carbocycles. The minimum atomic E-state index is -0.373. The molecule has 2 saturated heterocycles. The van der Waals surface area contributed by atoms with Crippen molar-refractivity contribution in [3.05, 3.63) is 75.8 Å². The van der Waals surface area contributed by atoms with Gasteiger partial charge >= 0.3 is 0 Å². The number of nitro benzene ring substituents is 1. The first kappa shape index (κ1) is 20.3. The van der Waals surface area contributed by atoms with Crippen molar-refractivity contribution in [2.45, 2.75) is 25.2 Å². The molecule has 0 radical (unpaired) electrons. The van der Waals surface area contributed by atoms with Crippen LogP contribution in [0.5, 0.6) is 0 Å². The van der Waals surface area contributed by atoms with Gasteiger partial charge in [-0.2, -0.15) is 0 Å². The Morgan fingerprint density at radius 3 is 2.77 bits per heavy atom. The summed E-state index contributed by atoms with van der Waals surface area (Å²) >= 11 is 0. The van der Waals surface area contributed by atoms with E-state index in [0.717, 1.165) is 44.3 Å². The summed E-state index contributed by atoms with van der Waals surface area (Å²) in [7, 11) is 1.76. The third kappa shape index (κ3) is 4.60. The van der Waals surface area contributed by atoms with Crippen LogP contribution in [0.4, 0.5) is 5.69 Å². The van der Waals surface area contributed by atoms with E-state index in [1.165, 1.54) is 11.6 Å². The molecular formula is C22H27N5O3. The number of ether oxygens (including phenoxy) is 1. The number of non-ortho nitro benzene ring substituents is 1. The van der Waals surface area contributed by atoms with E-state index in [0.29, 0.717) is 12.6 Å². The van der Waals surface area contributed by atoms with Crippen LogP contribution in [-0.2, 0) is 17.8 Å². The lowest BCUT2D eigenvalue weighted by atomic mass is 10.1. The Morgan fingerprint density at radius 2 is 2.00 bits per heavy atom.